The summed E-state index contributed by atoms with van der Waals surface area (Å²) in [4.78, 5) is 2.35. The number of benzene rings is 1. The molecule has 0 aliphatic rings. The van der Waals surface area contributed by atoms with E-state index in [2.05, 4.69) is 71.5 Å². The minimum atomic E-state index is 0.379. The van der Waals surface area contributed by atoms with Gasteiger partial charge >= 0.3 is 0 Å². The minimum absolute atomic E-state index is 0.379. The van der Waals surface area contributed by atoms with E-state index in [0.717, 1.165) is 29.7 Å². The van der Waals surface area contributed by atoms with Crippen LogP contribution in [0.15, 0.2) is 22.7 Å². The molecule has 0 bridgehead atoms. The second kappa shape index (κ2) is 8.88. The monoisotopic (exact) mass is 344 g/mol. The zero-order valence-corrected chi connectivity index (χ0v) is 14.8. The van der Waals surface area contributed by atoms with Gasteiger partial charge in [0, 0.05) is 35.5 Å². The summed E-state index contributed by atoms with van der Waals surface area (Å²) < 4.78 is 1.15. The van der Waals surface area contributed by atoms with Gasteiger partial charge in [0.15, 0.2) is 0 Å². The second-order valence-electron chi connectivity index (χ2n) is 4.79. The van der Waals surface area contributed by atoms with E-state index >= 15 is 0 Å². The van der Waals surface area contributed by atoms with Crippen molar-refractivity contribution in [2.45, 2.75) is 26.3 Å². The molecule has 108 valence electrons. The maximum absolute atomic E-state index is 3.58. The van der Waals surface area contributed by atoms with Crippen molar-refractivity contribution in [2.24, 2.45) is 0 Å². The molecule has 0 radical (unpaired) electrons. The molecular formula is C15H25BrN2S. The molecular weight excluding hydrogens is 320 g/mol. The normalized spacial score (nSPS) is 12.5. The summed E-state index contributed by atoms with van der Waals surface area (Å²) in [6.45, 7) is 6.58. The number of hydrogen-bond donors (Lipinski definition) is 1. The zero-order valence-electron chi connectivity index (χ0n) is 12.4. The Morgan fingerprint density at radius 2 is 2.16 bits per heavy atom. The smallest absolute Gasteiger partial charge is 0.0413 e. The van der Waals surface area contributed by atoms with E-state index in [1.807, 2.05) is 11.8 Å². The lowest BCUT2D eigenvalue weighted by Gasteiger charge is -2.25. The highest BCUT2D eigenvalue weighted by atomic mass is 79.9. The summed E-state index contributed by atoms with van der Waals surface area (Å²) in [5.41, 5.74) is 2.69. The van der Waals surface area contributed by atoms with E-state index in [4.69, 9.17) is 0 Å². The summed E-state index contributed by atoms with van der Waals surface area (Å²) in [6, 6.07) is 6.95. The van der Waals surface area contributed by atoms with Gasteiger partial charge in [0.2, 0.25) is 0 Å². The largest absolute Gasteiger partial charge is 0.373 e. The van der Waals surface area contributed by atoms with Crippen LogP contribution in [0.2, 0.25) is 0 Å². The highest BCUT2D eigenvalue weighted by Crippen LogP contribution is 2.29. The molecule has 1 unspecified atom stereocenters. The molecule has 0 saturated carbocycles. The van der Waals surface area contributed by atoms with Crippen LogP contribution < -0.4 is 10.2 Å². The molecule has 1 atom stereocenters. The molecule has 2 nitrogen and oxygen atoms in total. The Bertz CT molecular complexity index is 384. The van der Waals surface area contributed by atoms with Crippen LogP contribution in [-0.2, 0) is 0 Å². The molecule has 0 aromatic heterocycles. The molecule has 0 aliphatic carbocycles. The maximum atomic E-state index is 3.58. The predicted molar refractivity (Wildman–Crippen MR) is 92.5 cm³/mol. The first kappa shape index (κ1) is 16.9. The van der Waals surface area contributed by atoms with Crippen LogP contribution in [0.3, 0.4) is 0 Å². The van der Waals surface area contributed by atoms with Crippen LogP contribution in [-0.4, -0.2) is 32.1 Å². The van der Waals surface area contributed by atoms with Crippen molar-refractivity contribution >= 4 is 33.4 Å². The number of nitrogens with one attached hydrogen (secondary N) is 1. The molecule has 0 amide bonds. The first-order valence-electron chi connectivity index (χ1n) is 6.83. The number of thioether (sulfide) groups is 1. The Morgan fingerprint density at radius 3 is 2.79 bits per heavy atom. The second-order valence-corrected chi connectivity index (χ2v) is 6.69. The topological polar surface area (TPSA) is 15.3 Å². The molecule has 1 aromatic rings. The molecule has 0 aliphatic heterocycles. The van der Waals surface area contributed by atoms with Crippen LogP contribution >= 0.6 is 27.7 Å². The Hall–Kier alpha value is -0.190. The van der Waals surface area contributed by atoms with Gasteiger partial charge in [-0.05, 0) is 49.9 Å². The fourth-order valence-electron chi connectivity index (χ4n) is 2.04. The molecule has 0 saturated heterocycles. The van der Waals surface area contributed by atoms with Gasteiger partial charge in [-0.3, -0.25) is 0 Å². The van der Waals surface area contributed by atoms with Crippen molar-refractivity contribution in [3.05, 3.63) is 28.2 Å². The molecule has 1 N–H and O–H groups in total. The first-order valence-corrected chi connectivity index (χ1v) is 9.01. The SMILES string of the molecule is CCCNC(C)c1cc(Br)ccc1N(C)CCSC. The quantitative estimate of drug-likeness (QED) is 0.756. The molecule has 0 fully saturated rings. The average Bonchev–Trinajstić information content (AvgIpc) is 2.41. The third-order valence-corrected chi connectivity index (χ3v) is 4.28. The van der Waals surface area contributed by atoms with Crippen molar-refractivity contribution in [1.82, 2.24) is 5.32 Å². The number of anilines is 1. The summed E-state index contributed by atoms with van der Waals surface area (Å²) in [5.74, 6) is 1.16. The minimum Gasteiger partial charge on any atom is -0.373 e. The fraction of sp³-hybridized carbons (Fsp3) is 0.600. The number of halogens is 1. The number of hydrogen-bond acceptors (Lipinski definition) is 3. The molecule has 0 spiro atoms. The molecule has 1 aromatic carbocycles. The lowest BCUT2D eigenvalue weighted by molar-refractivity contribution is 0.570. The fourth-order valence-corrected chi connectivity index (χ4v) is 2.87. The van der Waals surface area contributed by atoms with Crippen LogP contribution in [0.25, 0.3) is 0 Å². The van der Waals surface area contributed by atoms with E-state index in [0.29, 0.717) is 6.04 Å². The lowest BCUT2D eigenvalue weighted by Crippen LogP contribution is -2.25. The van der Waals surface area contributed by atoms with Crippen LogP contribution in [0.1, 0.15) is 31.9 Å². The van der Waals surface area contributed by atoms with Crippen LogP contribution in [0, 0.1) is 0 Å². The van der Waals surface area contributed by atoms with Crippen LogP contribution in [0.5, 0.6) is 0 Å². The molecule has 19 heavy (non-hydrogen) atoms. The molecule has 1 rings (SSSR count). The van der Waals surface area contributed by atoms with Gasteiger partial charge in [0.25, 0.3) is 0 Å². The lowest BCUT2D eigenvalue weighted by atomic mass is 10.1. The number of nitrogens with zero attached hydrogens (tertiary/aromatic N) is 1. The third-order valence-electron chi connectivity index (χ3n) is 3.20. The van der Waals surface area contributed by atoms with Gasteiger partial charge in [-0.15, -0.1) is 0 Å². The summed E-state index contributed by atoms with van der Waals surface area (Å²) >= 11 is 5.47. The Morgan fingerprint density at radius 1 is 1.42 bits per heavy atom. The van der Waals surface area contributed by atoms with Gasteiger partial charge in [-0.1, -0.05) is 22.9 Å². The summed E-state index contributed by atoms with van der Waals surface area (Å²) in [7, 11) is 2.18. The van der Waals surface area contributed by atoms with Gasteiger partial charge in [0.1, 0.15) is 0 Å². The van der Waals surface area contributed by atoms with Gasteiger partial charge in [-0.2, -0.15) is 11.8 Å². The van der Waals surface area contributed by atoms with Crippen LogP contribution in [0.4, 0.5) is 5.69 Å². The zero-order chi connectivity index (χ0) is 14.3. The van der Waals surface area contributed by atoms with Gasteiger partial charge < -0.3 is 10.2 Å². The standard InChI is InChI=1S/C15H25BrN2S/c1-5-8-17-12(2)14-11-13(16)6-7-15(14)18(3)9-10-19-4/h6-7,11-12,17H,5,8-10H2,1-4H3. The van der Waals surface area contributed by atoms with E-state index in [9.17, 15) is 0 Å². The summed E-state index contributed by atoms with van der Waals surface area (Å²) in [6.07, 6.45) is 3.32. The van der Waals surface area contributed by atoms with Crippen molar-refractivity contribution in [3.63, 3.8) is 0 Å². The van der Waals surface area contributed by atoms with E-state index in [1.54, 1.807) is 0 Å². The Labute approximate surface area is 130 Å². The Balaban J connectivity index is 2.90. The molecule has 0 heterocycles. The van der Waals surface area contributed by atoms with Crippen molar-refractivity contribution in [3.8, 4) is 0 Å². The predicted octanol–water partition coefficient (Wildman–Crippen LogP) is 4.31. The maximum Gasteiger partial charge on any atom is 0.0413 e. The van der Waals surface area contributed by atoms with Crippen molar-refractivity contribution in [2.75, 3.05) is 37.0 Å². The first-order chi connectivity index (χ1) is 9.10. The van der Waals surface area contributed by atoms with Gasteiger partial charge in [-0.25, -0.2) is 0 Å². The molecule has 4 heteroatoms. The van der Waals surface area contributed by atoms with Gasteiger partial charge in [0.05, 0.1) is 0 Å². The number of rotatable bonds is 8. The average molecular weight is 345 g/mol. The third kappa shape index (κ3) is 5.36. The Kier molecular flexibility index (Phi) is 7.88. The van der Waals surface area contributed by atoms with E-state index in [-0.39, 0.29) is 0 Å². The van der Waals surface area contributed by atoms with E-state index in [1.165, 1.54) is 11.3 Å². The summed E-state index contributed by atoms with van der Waals surface area (Å²) in [5, 5.41) is 3.57. The highest BCUT2D eigenvalue weighted by Gasteiger charge is 2.13. The van der Waals surface area contributed by atoms with Crippen molar-refractivity contribution in [1.29, 1.82) is 0 Å². The van der Waals surface area contributed by atoms with E-state index < -0.39 is 0 Å². The van der Waals surface area contributed by atoms with Crippen molar-refractivity contribution < 1.29 is 0 Å². The highest BCUT2D eigenvalue weighted by molar-refractivity contribution is 9.10.